The summed E-state index contributed by atoms with van der Waals surface area (Å²) in [7, 11) is 3.94. The lowest BCUT2D eigenvalue weighted by molar-refractivity contribution is -0.136. The minimum absolute atomic E-state index is 0.137. The number of amides is 3. The number of nitrogens with one attached hydrogen (secondary N) is 2. The summed E-state index contributed by atoms with van der Waals surface area (Å²) in [5, 5.41) is 5.37. The molecule has 2 aliphatic heterocycles. The molecule has 0 bridgehead atoms. The number of carbonyl (C=O) groups excluding carboxylic acids is 3. The Balaban J connectivity index is 1.57. The van der Waals surface area contributed by atoms with Gasteiger partial charge in [0.05, 0.1) is 13.2 Å². The largest absolute Gasteiger partial charge is 0.379 e. The molecule has 8 nitrogen and oxygen atoms in total. The summed E-state index contributed by atoms with van der Waals surface area (Å²) in [5.74, 6) is -0.788. The zero-order valence-electron chi connectivity index (χ0n) is 16.5. The second kappa shape index (κ2) is 9.27. The maximum absolute atomic E-state index is 12.7. The molecule has 0 saturated carbocycles. The molecule has 28 heavy (non-hydrogen) atoms. The Kier molecular flexibility index (Phi) is 6.77. The van der Waals surface area contributed by atoms with Crippen molar-refractivity contribution in [2.75, 3.05) is 40.4 Å². The van der Waals surface area contributed by atoms with Crippen molar-refractivity contribution < 1.29 is 19.1 Å². The van der Waals surface area contributed by atoms with E-state index >= 15 is 0 Å². The molecular weight excluding hydrogens is 360 g/mol. The lowest BCUT2D eigenvalue weighted by atomic mass is 10.0. The van der Waals surface area contributed by atoms with E-state index in [9.17, 15) is 14.4 Å². The summed E-state index contributed by atoms with van der Waals surface area (Å²) >= 11 is 0. The molecule has 2 heterocycles. The molecule has 1 unspecified atom stereocenters. The van der Waals surface area contributed by atoms with Crippen molar-refractivity contribution in [1.29, 1.82) is 0 Å². The second-order valence-corrected chi connectivity index (χ2v) is 7.35. The number of imide groups is 1. The molecule has 0 aliphatic carbocycles. The molecule has 1 fully saturated rings. The number of hydrogen-bond acceptors (Lipinski definition) is 6. The molecule has 8 heteroatoms. The van der Waals surface area contributed by atoms with Crippen molar-refractivity contribution in [3.05, 3.63) is 34.9 Å². The highest BCUT2D eigenvalue weighted by atomic mass is 16.5. The van der Waals surface area contributed by atoms with E-state index in [0.29, 0.717) is 31.7 Å². The first-order valence-corrected chi connectivity index (χ1v) is 9.67. The van der Waals surface area contributed by atoms with Crippen molar-refractivity contribution in [3.8, 4) is 0 Å². The van der Waals surface area contributed by atoms with Crippen LogP contribution in [0, 0.1) is 0 Å². The lowest BCUT2D eigenvalue weighted by Crippen LogP contribution is -2.52. The predicted molar refractivity (Wildman–Crippen MR) is 104 cm³/mol. The summed E-state index contributed by atoms with van der Waals surface area (Å²) in [4.78, 5) is 39.9. The fourth-order valence-electron chi connectivity index (χ4n) is 3.61. The highest BCUT2D eigenvalue weighted by Gasteiger charge is 2.39. The maximum Gasteiger partial charge on any atom is 0.255 e. The van der Waals surface area contributed by atoms with Crippen molar-refractivity contribution in [2.45, 2.75) is 32.0 Å². The third kappa shape index (κ3) is 4.76. The summed E-state index contributed by atoms with van der Waals surface area (Å²) in [6, 6.07) is 5.27. The van der Waals surface area contributed by atoms with E-state index in [-0.39, 0.29) is 24.1 Å². The zero-order chi connectivity index (χ0) is 20.1. The quantitative estimate of drug-likeness (QED) is 0.461. The van der Waals surface area contributed by atoms with Crippen molar-refractivity contribution in [3.63, 3.8) is 0 Å². The second-order valence-electron chi connectivity index (χ2n) is 7.35. The fraction of sp³-hybridized carbons (Fsp3) is 0.550. The van der Waals surface area contributed by atoms with Gasteiger partial charge >= 0.3 is 0 Å². The minimum Gasteiger partial charge on any atom is -0.379 e. The van der Waals surface area contributed by atoms with Crippen molar-refractivity contribution in [1.82, 2.24) is 20.4 Å². The predicted octanol–water partition coefficient (Wildman–Crippen LogP) is 0.115. The van der Waals surface area contributed by atoms with Crippen LogP contribution >= 0.6 is 0 Å². The van der Waals surface area contributed by atoms with E-state index in [1.54, 1.807) is 4.90 Å². The molecule has 1 aromatic rings. The van der Waals surface area contributed by atoms with Crippen LogP contribution in [0.4, 0.5) is 0 Å². The topological polar surface area (TPSA) is 91.0 Å². The Morgan fingerprint density at radius 1 is 1.29 bits per heavy atom. The average Bonchev–Trinajstić information content (AvgIpc) is 2.97. The van der Waals surface area contributed by atoms with E-state index in [2.05, 4.69) is 15.5 Å². The molecule has 152 valence electrons. The monoisotopic (exact) mass is 388 g/mol. The lowest BCUT2D eigenvalue weighted by Gasteiger charge is -2.29. The van der Waals surface area contributed by atoms with Crippen LogP contribution in [0.15, 0.2) is 18.2 Å². The normalized spacial score (nSPS) is 19.3. The standard InChI is InChI=1S/C20H28N4O4/c1-21-7-9-28-10-8-23(2)12-14-3-4-16-15(11-14)13-24(20(16)27)17-5-6-18(25)22-19(17)26/h3-4,11,17,21H,5-10,12-13H2,1-2H3,(H,22,25,26). The number of rotatable bonds is 9. The third-order valence-electron chi connectivity index (χ3n) is 5.15. The molecule has 1 aromatic carbocycles. The number of nitrogens with zero attached hydrogens (tertiary/aromatic N) is 2. The molecule has 2 aliphatic rings. The smallest absolute Gasteiger partial charge is 0.255 e. The SMILES string of the molecule is CNCCOCCN(C)Cc1ccc2c(c1)CN(C1CCC(=O)NC1=O)C2=O. The van der Waals surface area contributed by atoms with E-state index in [0.717, 1.165) is 30.8 Å². The van der Waals surface area contributed by atoms with Gasteiger partial charge in [-0.3, -0.25) is 24.6 Å². The van der Waals surface area contributed by atoms with Crippen LogP contribution < -0.4 is 10.6 Å². The Labute approximate surface area is 165 Å². The molecule has 1 atom stereocenters. The maximum atomic E-state index is 12.7. The van der Waals surface area contributed by atoms with Gasteiger partial charge in [0, 0.05) is 38.2 Å². The number of carbonyl (C=O) groups is 3. The molecule has 3 rings (SSSR count). The van der Waals surface area contributed by atoms with Gasteiger partial charge in [-0.05, 0) is 37.7 Å². The summed E-state index contributed by atoms with van der Waals surface area (Å²) < 4.78 is 5.55. The number of benzene rings is 1. The van der Waals surface area contributed by atoms with E-state index < -0.39 is 6.04 Å². The first-order chi connectivity index (χ1) is 13.5. The highest BCUT2D eigenvalue weighted by molar-refractivity contribution is 6.05. The molecule has 0 spiro atoms. The van der Waals surface area contributed by atoms with E-state index in [1.807, 2.05) is 32.3 Å². The molecule has 0 radical (unpaired) electrons. The van der Waals surface area contributed by atoms with Gasteiger partial charge in [0.15, 0.2) is 0 Å². The summed E-state index contributed by atoms with van der Waals surface area (Å²) in [5.41, 5.74) is 2.70. The van der Waals surface area contributed by atoms with Crippen LogP contribution in [0.3, 0.4) is 0 Å². The molecule has 2 N–H and O–H groups in total. The van der Waals surface area contributed by atoms with Gasteiger partial charge in [-0.1, -0.05) is 12.1 Å². The molecule has 0 aromatic heterocycles. The number of fused-ring (bicyclic) bond motifs is 1. The van der Waals surface area contributed by atoms with Crippen LogP contribution in [0.5, 0.6) is 0 Å². The molecule has 1 saturated heterocycles. The Bertz CT molecular complexity index is 752. The zero-order valence-corrected chi connectivity index (χ0v) is 16.5. The van der Waals surface area contributed by atoms with Crippen LogP contribution in [0.25, 0.3) is 0 Å². The van der Waals surface area contributed by atoms with E-state index in [4.69, 9.17) is 4.74 Å². The molecular formula is C20H28N4O4. The Morgan fingerprint density at radius 2 is 2.11 bits per heavy atom. The minimum atomic E-state index is -0.571. The molecule has 3 amide bonds. The first-order valence-electron chi connectivity index (χ1n) is 9.67. The van der Waals surface area contributed by atoms with Crippen LogP contribution in [-0.2, 0) is 27.4 Å². The first kappa shape index (κ1) is 20.4. The number of likely N-dealkylation sites (N-methyl/N-ethyl adjacent to an activating group) is 2. The van der Waals surface area contributed by atoms with Gasteiger partial charge in [-0.2, -0.15) is 0 Å². The summed E-state index contributed by atoms with van der Waals surface area (Å²) in [6.07, 6.45) is 0.649. The van der Waals surface area contributed by atoms with E-state index in [1.165, 1.54) is 0 Å². The van der Waals surface area contributed by atoms with Gasteiger partial charge in [0.1, 0.15) is 6.04 Å². The van der Waals surface area contributed by atoms with Crippen LogP contribution in [0.2, 0.25) is 0 Å². The number of piperidine rings is 1. The summed E-state index contributed by atoms with van der Waals surface area (Å²) in [6.45, 7) is 4.20. The number of ether oxygens (including phenoxy) is 1. The van der Waals surface area contributed by atoms with Gasteiger partial charge in [0.25, 0.3) is 5.91 Å². The van der Waals surface area contributed by atoms with Crippen LogP contribution in [-0.4, -0.2) is 74.0 Å². The van der Waals surface area contributed by atoms with Gasteiger partial charge in [-0.25, -0.2) is 0 Å². The van der Waals surface area contributed by atoms with Gasteiger partial charge in [-0.15, -0.1) is 0 Å². The van der Waals surface area contributed by atoms with Crippen LogP contribution in [0.1, 0.15) is 34.3 Å². The van der Waals surface area contributed by atoms with Crippen molar-refractivity contribution >= 4 is 17.7 Å². The van der Waals surface area contributed by atoms with Gasteiger partial charge < -0.3 is 15.0 Å². The van der Waals surface area contributed by atoms with Gasteiger partial charge in [0.2, 0.25) is 11.8 Å². The Hall–Kier alpha value is -2.29. The highest BCUT2D eigenvalue weighted by Crippen LogP contribution is 2.28. The third-order valence-corrected chi connectivity index (χ3v) is 5.15. The Morgan fingerprint density at radius 3 is 2.86 bits per heavy atom. The number of hydrogen-bond donors (Lipinski definition) is 2. The fourth-order valence-corrected chi connectivity index (χ4v) is 3.61. The average molecular weight is 388 g/mol. The van der Waals surface area contributed by atoms with Crippen molar-refractivity contribution in [2.24, 2.45) is 0 Å².